The van der Waals surface area contributed by atoms with E-state index >= 15 is 0 Å². The first-order valence-corrected chi connectivity index (χ1v) is 15.8. The minimum absolute atomic E-state index is 0. The smallest absolute Gasteiger partial charge is 1.00 e. The summed E-state index contributed by atoms with van der Waals surface area (Å²) in [5.74, 6) is 0. The second-order valence-electron chi connectivity index (χ2n) is 10.8. The number of allylic oxidation sites excluding steroid dienone is 4. The zero-order valence-corrected chi connectivity index (χ0v) is 28.5. The summed E-state index contributed by atoms with van der Waals surface area (Å²) in [4.78, 5) is 0. The summed E-state index contributed by atoms with van der Waals surface area (Å²) >= 11 is 2.55. The summed E-state index contributed by atoms with van der Waals surface area (Å²) in [6.07, 6.45) is 11.0. The van der Waals surface area contributed by atoms with Crippen molar-refractivity contribution in [3.8, 4) is 0 Å². The Morgan fingerprint density at radius 1 is 0.605 bits per heavy atom. The van der Waals surface area contributed by atoms with Crippen LogP contribution in [0.5, 0.6) is 0 Å². The molecule has 1 atom stereocenters. The molecule has 0 amide bonds. The van der Waals surface area contributed by atoms with Gasteiger partial charge >= 0.3 is 227 Å². The predicted octanol–water partition coefficient (Wildman–Crippen LogP) is -2.05. The van der Waals surface area contributed by atoms with E-state index < -0.39 is 8.07 Å². The molecule has 4 rings (SSSR count). The fraction of sp³-hybridized carbons (Fsp3) is 0.333. The van der Waals surface area contributed by atoms with E-state index in [0.29, 0.717) is 0 Å². The van der Waals surface area contributed by atoms with Crippen molar-refractivity contribution in [1.82, 2.24) is 0 Å². The molecule has 3 aromatic rings. The summed E-state index contributed by atoms with van der Waals surface area (Å²) in [5, 5.41) is 4.59. The van der Waals surface area contributed by atoms with Crippen LogP contribution >= 0.6 is 0 Å². The molecule has 5 heteroatoms. The number of hydrogen-bond donors (Lipinski definition) is 0. The Kier molecular flexibility index (Phi) is 12.9. The van der Waals surface area contributed by atoms with Gasteiger partial charge in [0.25, 0.3) is 0 Å². The van der Waals surface area contributed by atoms with Crippen LogP contribution in [-0.2, 0) is 20.4 Å². The summed E-state index contributed by atoms with van der Waals surface area (Å²) in [7, 11) is -2.57. The summed E-state index contributed by atoms with van der Waals surface area (Å²) in [5.41, 5.74) is 9.74. The Morgan fingerprint density at radius 2 is 0.947 bits per heavy atom. The van der Waals surface area contributed by atoms with E-state index in [-0.39, 0.29) is 40.6 Å². The third-order valence-electron chi connectivity index (χ3n) is 7.51. The zero-order chi connectivity index (χ0) is 25.4. The maximum atomic E-state index is 2.55. The molecule has 0 heterocycles. The number of hydrogen-bond acceptors (Lipinski definition) is 0. The van der Waals surface area contributed by atoms with Crippen molar-refractivity contribution >= 4 is 23.6 Å². The molecule has 0 aliphatic heterocycles. The van der Waals surface area contributed by atoms with Crippen LogP contribution in [0.2, 0.25) is 3.34 Å². The van der Waals surface area contributed by atoms with Crippen molar-refractivity contribution < 1.29 is 57.7 Å². The molecule has 0 fully saturated rings. The number of halogens is 3. The first-order chi connectivity index (χ1) is 16.6. The largest absolute Gasteiger partial charge is 1.00 e. The number of rotatable bonds is 7. The van der Waals surface area contributed by atoms with E-state index in [1.165, 1.54) is 61.8 Å². The molecule has 1 unspecified atom stereocenters. The van der Waals surface area contributed by atoms with Crippen LogP contribution < -0.4 is 52.8 Å². The van der Waals surface area contributed by atoms with E-state index in [9.17, 15) is 0 Å². The first-order valence-electron chi connectivity index (χ1n) is 13.0. The van der Waals surface area contributed by atoms with E-state index in [1.54, 1.807) is 5.57 Å². The molecule has 0 bridgehead atoms. The second-order valence-corrected chi connectivity index (χ2v) is 16.9. The molecule has 0 saturated heterocycles. The molecular formula is C33H39Cl3SiTi. The summed E-state index contributed by atoms with van der Waals surface area (Å²) in [6.45, 7) is 15.9. The fourth-order valence-corrected chi connectivity index (χ4v) is 14.9. The molecular weight excluding hydrogens is 579 g/mol. The normalized spacial score (nSPS) is 16.3. The van der Waals surface area contributed by atoms with E-state index in [4.69, 9.17) is 0 Å². The Bertz CT molecular complexity index is 1140. The van der Waals surface area contributed by atoms with Gasteiger partial charge in [-0.2, -0.15) is 0 Å². The van der Waals surface area contributed by atoms with Crippen LogP contribution in [0.15, 0.2) is 78.4 Å². The number of aryl methyl sites for hydroxylation is 6. The monoisotopic (exact) mass is 616 g/mol. The molecule has 200 valence electrons. The standard InChI is InChI=1S/C33H39Si.3ClH.Ti/c1-8-9-11-29-12-10-13-33(29)34(30-17-23(2)14-24(3)18-30,31-19-25(4)15-26(5)20-31)32-21-27(6)16-28(7)22-32;;;;/h10,12-22H,8-9,11H2,1-7H3;3*1H;/q;;;;+3/p-3. The average Bonchev–Trinajstić information content (AvgIpc) is 3.12. The maximum Gasteiger partial charge on any atom is -1.00 e. The van der Waals surface area contributed by atoms with Gasteiger partial charge in [0.2, 0.25) is 0 Å². The quantitative estimate of drug-likeness (QED) is 0.212. The van der Waals surface area contributed by atoms with E-state index in [1.807, 2.05) is 0 Å². The summed E-state index contributed by atoms with van der Waals surface area (Å²) in [6, 6.07) is 22.0. The SMILES string of the molecule is CCCCC1=CC=C[C]1([Ti+3])[Si](c1cc(C)cc(C)c1)(c1cc(C)cc(C)c1)c1cc(C)cc(C)c1.[Cl-].[Cl-].[Cl-]. The Morgan fingerprint density at radius 3 is 1.26 bits per heavy atom. The molecule has 3 aromatic carbocycles. The van der Waals surface area contributed by atoms with Crippen LogP contribution in [0, 0.1) is 41.5 Å². The van der Waals surface area contributed by atoms with Gasteiger partial charge in [0.1, 0.15) is 0 Å². The third kappa shape index (κ3) is 6.46. The van der Waals surface area contributed by atoms with Crippen molar-refractivity contribution in [3.05, 3.63) is 112 Å². The Labute approximate surface area is 262 Å². The molecule has 0 nitrogen and oxygen atoms in total. The molecule has 0 aromatic heterocycles. The molecule has 0 radical (unpaired) electrons. The molecule has 0 spiro atoms. The number of benzene rings is 3. The first kappa shape index (κ1) is 35.0. The van der Waals surface area contributed by atoms with Crippen LogP contribution in [0.3, 0.4) is 0 Å². The molecule has 1 aliphatic carbocycles. The van der Waals surface area contributed by atoms with Gasteiger partial charge in [0.05, 0.1) is 0 Å². The van der Waals surface area contributed by atoms with E-state index in [2.05, 4.69) is 142 Å². The molecule has 1 aliphatic rings. The van der Waals surface area contributed by atoms with Crippen LogP contribution in [0.25, 0.3) is 0 Å². The minimum atomic E-state index is -2.57. The van der Waals surface area contributed by atoms with E-state index in [0.717, 1.165) is 6.42 Å². The maximum absolute atomic E-state index is 2.57. The van der Waals surface area contributed by atoms with Gasteiger partial charge in [-0.3, -0.25) is 0 Å². The average molecular weight is 618 g/mol. The van der Waals surface area contributed by atoms with Crippen molar-refractivity contribution in [2.24, 2.45) is 0 Å². The minimum Gasteiger partial charge on any atom is -1.00 e. The molecule has 0 N–H and O–H groups in total. The van der Waals surface area contributed by atoms with Gasteiger partial charge in [-0.15, -0.1) is 0 Å². The Hall–Kier alpha value is -1.06. The van der Waals surface area contributed by atoms with Gasteiger partial charge in [0, 0.05) is 0 Å². The second kappa shape index (κ2) is 14.0. The molecule has 0 saturated carbocycles. The predicted molar refractivity (Wildman–Crippen MR) is 152 cm³/mol. The van der Waals surface area contributed by atoms with Gasteiger partial charge < -0.3 is 37.2 Å². The zero-order valence-electron chi connectivity index (χ0n) is 23.7. The van der Waals surface area contributed by atoms with Gasteiger partial charge in [0.15, 0.2) is 0 Å². The number of unbranched alkanes of at least 4 members (excludes halogenated alkanes) is 1. The fourth-order valence-electron chi connectivity index (χ4n) is 6.32. The van der Waals surface area contributed by atoms with Crippen molar-refractivity contribution in [3.63, 3.8) is 0 Å². The van der Waals surface area contributed by atoms with Crippen LogP contribution in [0.1, 0.15) is 59.6 Å². The van der Waals surface area contributed by atoms with Gasteiger partial charge in [-0.1, -0.05) is 0 Å². The van der Waals surface area contributed by atoms with Crippen molar-refractivity contribution in [1.29, 1.82) is 0 Å². The van der Waals surface area contributed by atoms with Crippen LogP contribution in [0.4, 0.5) is 0 Å². The van der Waals surface area contributed by atoms with Crippen molar-refractivity contribution in [2.75, 3.05) is 0 Å². The van der Waals surface area contributed by atoms with Gasteiger partial charge in [-0.25, -0.2) is 0 Å². The van der Waals surface area contributed by atoms with Crippen LogP contribution in [-0.4, -0.2) is 8.07 Å². The summed E-state index contributed by atoms with van der Waals surface area (Å²) < 4.78 is -0.0388. The van der Waals surface area contributed by atoms with Gasteiger partial charge in [-0.05, 0) is 0 Å². The topological polar surface area (TPSA) is 0 Å². The third-order valence-corrected chi connectivity index (χ3v) is 15.2. The molecule has 38 heavy (non-hydrogen) atoms. The van der Waals surface area contributed by atoms with Crippen molar-refractivity contribution in [2.45, 2.75) is 71.1 Å². The Balaban J connectivity index is 0.00000241.